The van der Waals surface area contributed by atoms with Crippen molar-refractivity contribution in [2.45, 2.75) is 43.8 Å². The molecular formula is C18H23FN4O2. The Morgan fingerprint density at radius 3 is 2.72 bits per heavy atom. The SMILES string of the molecule is CN1C(=O)C2CCNN2C2CCC(C(=O)Nc3ccc(F)cc3)CC21. The van der Waals surface area contributed by atoms with Gasteiger partial charge >= 0.3 is 0 Å². The standard InChI is InChI=1S/C18H23FN4O2/c1-22-16-10-11(17(24)21-13-5-3-12(19)4-6-13)2-7-14(16)23-15(18(22)25)8-9-20-23/h3-6,11,14-16,20H,2,7-10H2,1H3,(H,21,24). The van der Waals surface area contributed by atoms with Gasteiger partial charge in [0.2, 0.25) is 11.8 Å². The van der Waals surface area contributed by atoms with E-state index in [1.165, 1.54) is 12.1 Å². The molecule has 0 aromatic heterocycles. The first-order valence-corrected chi connectivity index (χ1v) is 8.89. The number of hydrogen-bond donors (Lipinski definition) is 2. The van der Waals surface area contributed by atoms with Crippen LogP contribution in [0.15, 0.2) is 24.3 Å². The average Bonchev–Trinajstić information content (AvgIpc) is 3.11. The van der Waals surface area contributed by atoms with Crippen molar-refractivity contribution in [2.75, 3.05) is 18.9 Å². The summed E-state index contributed by atoms with van der Waals surface area (Å²) in [4.78, 5) is 27.0. The van der Waals surface area contributed by atoms with Crippen LogP contribution >= 0.6 is 0 Å². The Morgan fingerprint density at radius 1 is 1.20 bits per heavy atom. The zero-order valence-corrected chi connectivity index (χ0v) is 14.2. The molecule has 0 spiro atoms. The highest BCUT2D eigenvalue weighted by Gasteiger charge is 2.50. The summed E-state index contributed by atoms with van der Waals surface area (Å²) in [7, 11) is 1.86. The van der Waals surface area contributed by atoms with Gasteiger partial charge in [0.25, 0.3) is 0 Å². The quantitative estimate of drug-likeness (QED) is 0.849. The van der Waals surface area contributed by atoms with Crippen molar-refractivity contribution in [3.8, 4) is 0 Å². The topological polar surface area (TPSA) is 64.7 Å². The third kappa shape index (κ3) is 2.91. The predicted molar refractivity (Wildman–Crippen MR) is 91.0 cm³/mol. The summed E-state index contributed by atoms with van der Waals surface area (Å²) < 4.78 is 13.0. The van der Waals surface area contributed by atoms with E-state index in [1.54, 1.807) is 12.1 Å². The van der Waals surface area contributed by atoms with Gasteiger partial charge in [0, 0.05) is 37.3 Å². The summed E-state index contributed by atoms with van der Waals surface area (Å²) in [6, 6.07) is 6.05. The molecule has 4 rings (SSSR count). The molecule has 1 aliphatic carbocycles. The van der Waals surface area contributed by atoms with Crippen LogP contribution in [-0.4, -0.2) is 53.4 Å². The number of piperazine rings is 1. The van der Waals surface area contributed by atoms with Crippen LogP contribution < -0.4 is 10.7 Å². The zero-order valence-electron chi connectivity index (χ0n) is 14.2. The summed E-state index contributed by atoms with van der Waals surface area (Å²) in [5, 5.41) is 4.99. The van der Waals surface area contributed by atoms with Crippen LogP contribution in [0.1, 0.15) is 25.7 Å². The fourth-order valence-electron chi connectivity index (χ4n) is 4.46. The van der Waals surface area contributed by atoms with Gasteiger partial charge in [-0.05, 0) is 49.9 Å². The number of hydrazine groups is 1. The maximum absolute atomic E-state index is 13.0. The summed E-state index contributed by atoms with van der Waals surface area (Å²) in [5.74, 6) is -0.373. The maximum atomic E-state index is 13.0. The Kier molecular flexibility index (Phi) is 4.21. The molecule has 6 nitrogen and oxygen atoms in total. The highest BCUT2D eigenvalue weighted by Crippen LogP contribution is 2.37. The monoisotopic (exact) mass is 346 g/mol. The van der Waals surface area contributed by atoms with Gasteiger partial charge in [-0.3, -0.25) is 15.0 Å². The molecule has 1 aromatic rings. The molecule has 1 saturated carbocycles. The van der Waals surface area contributed by atoms with E-state index in [1.807, 2.05) is 11.9 Å². The molecule has 2 saturated heterocycles. The first-order chi connectivity index (χ1) is 12.0. The molecule has 2 N–H and O–H groups in total. The third-order valence-corrected chi connectivity index (χ3v) is 5.80. The molecule has 2 heterocycles. The van der Waals surface area contributed by atoms with E-state index in [9.17, 15) is 14.0 Å². The average molecular weight is 346 g/mol. The number of amides is 2. The van der Waals surface area contributed by atoms with Gasteiger partial charge in [-0.1, -0.05) is 0 Å². The van der Waals surface area contributed by atoms with Crippen molar-refractivity contribution in [3.05, 3.63) is 30.1 Å². The molecule has 0 radical (unpaired) electrons. The van der Waals surface area contributed by atoms with Crippen molar-refractivity contribution >= 4 is 17.5 Å². The maximum Gasteiger partial charge on any atom is 0.241 e. The second-order valence-electron chi connectivity index (χ2n) is 7.21. The van der Waals surface area contributed by atoms with Crippen molar-refractivity contribution < 1.29 is 14.0 Å². The Balaban J connectivity index is 1.45. The van der Waals surface area contributed by atoms with E-state index in [2.05, 4.69) is 15.8 Å². The number of fused-ring (bicyclic) bond motifs is 3. The Bertz CT molecular complexity index is 680. The summed E-state index contributed by atoms with van der Waals surface area (Å²) in [5.41, 5.74) is 3.95. The smallest absolute Gasteiger partial charge is 0.241 e. The number of halogens is 1. The zero-order chi connectivity index (χ0) is 17.6. The number of carbonyl (C=O) groups is 2. The van der Waals surface area contributed by atoms with Crippen molar-refractivity contribution in [1.29, 1.82) is 0 Å². The molecule has 4 atom stereocenters. The molecule has 2 aliphatic heterocycles. The lowest BCUT2D eigenvalue weighted by molar-refractivity contribution is -0.153. The second-order valence-corrected chi connectivity index (χ2v) is 7.21. The van der Waals surface area contributed by atoms with Crippen LogP contribution in [0.2, 0.25) is 0 Å². The lowest BCUT2D eigenvalue weighted by Gasteiger charge is -2.50. The highest BCUT2D eigenvalue weighted by atomic mass is 19.1. The number of nitrogens with zero attached hydrogens (tertiary/aromatic N) is 2. The predicted octanol–water partition coefficient (Wildman–Crippen LogP) is 1.35. The van der Waals surface area contributed by atoms with Gasteiger partial charge in [-0.25, -0.2) is 9.40 Å². The lowest BCUT2D eigenvalue weighted by atomic mass is 9.79. The number of anilines is 1. The lowest BCUT2D eigenvalue weighted by Crippen LogP contribution is -2.67. The molecule has 4 unspecified atom stereocenters. The van der Waals surface area contributed by atoms with Gasteiger partial charge in [0.05, 0.1) is 0 Å². The number of carbonyl (C=O) groups excluding carboxylic acids is 2. The first-order valence-electron chi connectivity index (χ1n) is 8.89. The molecule has 1 aromatic carbocycles. The van der Waals surface area contributed by atoms with E-state index in [0.717, 1.165) is 25.8 Å². The van der Waals surface area contributed by atoms with Gasteiger partial charge in [-0.15, -0.1) is 0 Å². The molecule has 3 fully saturated rings. The van der Waals surface area contributed by atoms with Crippen LogP contribution in [0.25, 0.3) is 0 Å². The normalized spacial score (nSPS) is 32.2. The van der Waals surface area contributed by atoms with E-state index >= 15 is 0 Å². The van der Waals surface area contributed by atoms with Crippen LogP contribution in [0, 0.1) is 11.7 Å². The van der Waals surface area contributed by atoms with Gasteiger partial charge in [0.15, 0.2) is 0 Å². The highest BCUT2D eigenvalue weighted by molar-refractivity contribution is 5.92. The minimum Gasteiger partial charge on any atom is -0.340 e. The van der Waals surface area contributed by atoms with Crippen molar-refractivity contribution in [1.82, 2.24) is 15.3 Å². The summed E-state index contributed by atoms with van der Waals surface area (Å²) in [6.45, 7) is 0.835. The van der Waals surface area contributed by atoms with E-state index < -0.39 is 0 Å². The summed E-state index contributed by atoms with van der Waals surface area (Å²) >= 11 is 0. The van der Waals surface area contributed by atoms with Crippen LogP contribution in [0.3, 0.4) is 0 Å². The third-order valence-electron chi connectivity index (χ3n) is 5.80. The number of benzene rings is 1. The Hall–Kier alpha value is -1.99. The van der Waals surface area contributed by atoms with Gasteiger partial charge < -0.3 is 10.2 Å². The summed E-state index contributed by atoms with van der Waals surface area (Å²) in [6.07, 6.45) is 3.18. The number of rotatable bonds is 2. The molecule has 3 aliphatic rings. The molecule has 0 bridgehead atoms. The molecule has 25 heavy (non-hydrogen) atoms. The van der Waals surface area contributed by atoms with E-state index in [4.69, 9.17) is 0 Å². The fourth-order valence-corrected chi connectivity index (χ4v) is 4.46. The minimum absolute atomic E-state index is 0.0482. The van der Waals surface area contributed by atoms with Crippen LogP contribution in [0.5, 0.6) is 0 Å². The van der Waals surface area contributed by atoms with Gasteiger partial charge in [0.1, 0.15) is 11.9 Å². The number of likely N-dealkylation sites (N-methyl/N-ethyl adjacent to an activating group) is 1. The Labute approximate surface area is 146 Å². The minimum atomic E-state index is -0.325. The van der Waals surface area contributed by atoms with E-state index in [-0.39, 0.29) is 41.7 Å². The van der Waals surface area contributed by atoms with Crippen LogP contribution in [-0.2, 0) is 9.59 Å². The van der Waals surface area contributed by atoms with Crippen molar-refractivity contribution in [3.63, 3.8) is 0 Å². The first kappa shape index (κ1) is 16.5. The van der Waals surface area contributed by atoms with Crippen LogP contribution in [0.4, 0.5) is 10.1 Å². The largest absolute Gasteiger partial charge is 0.340 e. The number of hydrogen-bond acceptors (Lipinski definition) is 4. The van der Waals surface area contributed by atoms with Gasteiger partial charge in [-0.2, -0.15) is 0 Å². The molecule has 2 amide bonds. The number of nitrogens with one attached hydrogen (secondary N) is 2. The van der Waals surface area contributed by atoms with E-state index in [0.29, 0.717) is 12.1 Å². The molecule has 134 valence electrons. The molecule has 7 heteroatoms. The molecular weight excluding hydrogens is 323 g/mol. The second kappa shape index (κ2) is 6.38. The Morgan fingerprint density at radius 2 is 1.96 bits per heavy atom. The van der Waals surface area contributed by atoms with Crippen molar-refractivity contribution in [2.24, 2.45) is 5.92 Å². The fraction of sp³-hybridized carbons (Fsp3) is 0.556.